The van der Waals surface area contributed by atoms with E-state index in [0.29, 0.717) is 36.9 Å². The molecule has 0 N–H and O–H groups in total. The average molecular weight is 391 g/mol. The van der Waals surface area contributed by atoms with E-state index in [-0.39, 0.29) is 12.0 Å². The Balaban J connectivity index is 1.58. The summed E-state index contributed by atoms with van der Waals surface area (Å²) < 4.78 is 11.8. The first-order chi connectivity index (χ1) is 14.2. The third kappa shape index (κ3) is 4.16. The molecule has 0 radical (unpaired) electrons. The average Bonchev–Trinajstić information content (AvgIpc) is 2.75. The lowest BCUT2D eigenvalue weighted by Crippen LogP contribution is -2.44. The van der Waals surface area contributed by atoms with Gasteiger partial charge >= 0.3 is 0 Å². The van der Waals surface area contributed by atoms with Gasteiger partial charge in [-0.1, -0.05) is 30.3 Å². The van der Waals surface area contributed by atoms with Gasteiger partial charge < -0.3 is 14.4 Å². The quantitative estimate of drug-likeness (QED) is 0.657. The fraction of sp³-hybridized carbons (Fsp3) is 0.348. The molecule has 1 unspecified atom stereocenters. The number of amides is 1. The molecule has 29 heavy (non-hydrogen) atoms. The van der Waals surface area contributed by atoms with Crippen molar-refractivity contribution >= 4 is 16.7 Å². The summed E-state index contributed by atoms with van der Waals surface area (Å²) in [4.78, 5) is 15.4. The molecule has 1 aliphatic rings. The zero-order valence-electron chi connectivity index (χ0n) is 16.8. The highest BCUT2D eigenvalue weighted by atomic mass is 16.5. The van der Waals surface area contributed by atoms with Gasteiger partial charge in [-0.25, -0.2) is 0 Å². The van der Waals surface area contributed by atoms with E-state index in [4.69, 9.17) is 9.47 Å². The molecule has 1 atom stereocenters. The first kappa shape index (κ1) is 19.2. The van der Waals surface area contributed by atoms with E-state index in [1.807, 2.05) is 67.3 Å². The molecule has 6 nitrogen and oxygen atoms in total. The van der Waals surface area contributed by atoms with Gasteiger partial charge in [-0.3, -0.25) is 4.79 Å². The maximum atomic E-state index is 13.5. The molecule has 1 fully saturated rings. The van der Waals surface area contributed by atoms with Gasteiger partial charge in [0.15, 0.2) is 0 Å². The SMILES string of the molecule is CCOc1ccc2ccccc2c1C(=O)N1CCCC(Oc2ccc(C)nn2)C1. The highest BCUT2D eigenvalue weighted by molar-refractivity contribution is 6.09. The summed E-state index contributed by atoms with van der Waals surface area (Å²) in [6.07, 6.45) is 1.66. The van der Waals surface area contributed by atoms with Gasteiger partial charge in [0.25, 0.3) is 5.91 Å². The Morgan fingerprint density at radius 1 is 1.14 bits per heavy atom. The molecule has 1 aliphatic heterocycles. The molecule has 6 heteroatoms. The number of likely N-dealkylation sites (tertiary alicyclic amines) is 1. The zero-order valence-corrected chi connectivity index (χ0v) is 16.8. The van der Waals surface area contributed by atoms with E-state index in [0.717, 1.165) is 29.3 Å². The van der Waals surface area contributed by atoms with Crippen LogP contribution in [0.2, 0.25) is 0 Å². The number of carbonyl (C=O) groups is 1. The lowest BCUT2D eigenvalue weighted by atomic mass is 10.0. The second-order valence-corrected chi connectivity index (χ2v) is 7.24. The zero-order chi connectivity index (χ0) is 20.2. The van der Waals surface area contributed by atoms with Crippen LogP contribution in [0.1, 0.15) is 35.8 Å². The summed E-state index contributed by atoms with van der Waals surface area (Å²) in [5.41, 5.74) is 1.47. The Morgan fingerprint density at radius 3 is 2.79 bits per heavy atom. The molecule has 3 aromatic rings. The number of hydrogen-bond acceptors (Lipinski definition) is 5. The van der Waals surface area contributed by atoms with Crippen molar-refractivity contribution in [3.63, 3.8) is 0 Å². The molecular formula is C23H25N3O3. The number of benzene rings is 2. The van der Waals surface area contributed by atoms with Crippen molar-refractivity contribution in [1.82, 2.24) is 15.1 Å². The molecule has 1 saturated heterocycles. The Morgan fingerprint density at radius 2 is 2.00 bits per heavy atom. The smallest absolute Gasteiger partial charge is 0.258 e. The number of carbonyl (C=O) groups excluding carboxylic acids is 1. The van der Waals surface area contributed by atoms with Crippen LogP contribution in [0.15, 0.2) is 48.5 Å². The van der Waals surface area contributed by atoms with Crippen LogP contribution < -0.4 is 9.47 Å². The number of piperidine rings is 1. The second-order valence-electron chi connectivity index (χ2n) is 7.24. The van der Waals surface area contributed by atoms with Crippen molar-refractivity contribution < 1.29 is 14.3 Å². The second kappa shape index (κ2) is 8.47. The van der Waals surface area contributed by atoms with Gasteiger partial charge in [-0.2, -0.15) is 5.10 Å². The van der Waals surface area contributed by atoms with E-state index >= 15 is 0 Å². The number of ether oxygens (including phenoxy) is 2. The summed E-state index contributed by atoms with van der Waals surface area (Å²) >= 11 is 0. The third-order valence-corrected chi connectivity index (χ3v) is 5.13. The number of nitrogens with zero attached hydrogens (tertiary/aromatic N) is 3. The highest BCUT2D eigenvalue weighted by Gasteiger charge is 2.29. The van der Waals surface area contributed by atoms with E-state index < -0.39 is 0 Å². The Kier molecular flexibility index (Phi) is 5.60. The van der Waals surface area contributed by atoms with Crippen molar-refractivity contribution in [2.45, 2.75) is 32.8 Å². The molecule has 150 valence electrons. The molecule has 2 heterocycles. The summed E-state index contributed by atoms with van der Waals surface area (Å²) in [6.45, 7) is 5.54. The Bertz CT molecular complexity index is 1000. The maximum Gasteiger partial charge on any atom is 0.258 e. The number of hydrogen-bond donors (Lipinski definition) is 0. The van der Waals surface area contributed by atoms with E-state index in [1.54, 1.807) is 0 Å². The van der Waals surface area contributed by atoms with Crippen LogP contribution in [0.25, 0.3) is 10.8 Å². The largest absolute Gasteiger partial charge is 0.493 e. The molecule has 2 aromatic carbocycles. The fourth-order valence-electron chi connectivity index (χ4n) is 3.75. The molecule has 0 bridgehead atoms. The molecule has 1 aromatic heterocycles. The molecule has 1 amide bonds. The molecule has 0 spiro atoms. The summed E-state index contributed by atoms with van der Waals surface area (Å²) in [5.74, 6) is 1.10. The van der Waals surface area contributed by atoms with Crippen LogP contribution >= 0.6 is 0 Å². The summed E-state index contributed by atoms with van der Waals surface area (Å²) in [7, 11) is 0. The molecule has 0 saturated carbocycles. The topological polar surface area (TPSA) is 64.5 Å². The van der Waals surface area contributed by atoms with Gasteiger partial charge in [0.1, 0.15) is 11.9 Å². The van der Waals surface area contributed by atoms with Gasteiger partial charge in [0, 0.05) is 12.6 Å². The number of rotatable bonds is 5. The minimum atomic E-state index is -0.102. The normalized spacial score (nSPS) is 16.6. The molecule has 0 aliphatic carbocycles. The van der Waals surface area contributed by atoms with Crippen molar-refractivity contribution in [2.24, 2.45) is 0 Å². The van der Waals surface area contributed by atoms with Crippen LogP contribution in [-0.4, -0.2) is 46.8 Å². The van der Waals surface area contributed by atoms with Gasteiger partial charge in [-0.05, 0) is 49.6 Å². The van der Waals surface area contributed by atoms with Crippen molar-refractivity contribution in [3.05, 3.63) is 59.8 Å². The minimum Gasteiger partial charge on any atom is -0.493 e. The van der Waals surface area contributed by atoms with Crippen molar-refractivity contribution in [1.29, 1.82) is 0 Å². The van der Waals surface area contributed by atoms with Gasteiger partial charge in [-0.15, -0.1) is 5.10 Å². The third-order valence-electron chi connectivity index (χ3n) is 5.13. The predicted molar refractivity (Wildman–Crippen MR) is 111 cm³/mol. The number of fused-ring (bicyclic) bond motifs is 1. The lowest BCUT2D eigenvalue weighted by molar-refractivity contribution is 0.0524. The van der Waals surface area contributed by atoms with Crippen LogP contribution in [0.3, 0.4) is 0 Å². The summed E-state index contributed by atoms with van der Waals surface area (Å²) in [5, 5.41) is 10.1. The van der Waals surface area contributed by atoms with E-state index in [2.05, 4.69) is 10.2 Å². The van der Waals surface area contributed by atoms with Gasteiger partial charge in [0.05, 0.1) is 24.4 Å². The Hall–Kier alpha value is -3.15. The number of aryl methyl sites for hydroxylation is 1. The minimum absolute atomic E-state index is 0.0199. The van der Waals surface area contributed by atoms with Gasteiger partial charge in [0.2, 0.25) is 5.88 Å². The highest BCUT2D eigenvalue weighted by Crippen LogP contribution is 2.30. The predicted octanol–water partition coefficient (Wildman–Crippen LogP) is 4.02. The fourth-order valence-corrected chi connectivity index (χ4v) is 3.75. The lowest BCUT2D eigenvalue weighted by Gasteiger charge is -2.33. The maximum absolute atomic E-state index is 13.5. The van der Waals surface area contributed by atoms with Crippen molar-refractivity contribution in [3.8, 4) is 11.6 Å². The molecule has 4 rings (SSSR count). The Labute approximate surface area is 170 Å². The summed E-state index contributed by atoms with van der Waals surface area (Å²) in [6, 6.07) is 15.5. The standard InChI is InChI=1S/C23H25N3O3/c1-3-28-20-12-11-17-7-4-5-9-19(17)22(20)23(27)26-14-6-8-18(15-26)29-21-13-10-16(2)24-25-21/h4-5,7,9-13,18H,3,6,8,14-15H2,1-2H3. The van der Waals surface area contributed by atoms with Crippen LogP contribution in [0.4, 0.5) is 0 Å². The molecular weight excluding hydrogens is 366 g/mol. The van der Waals surface area contributed by atoms with Crippen LogP contribution in [0, 0.1) is 6.92 Å². The van der Waals surface area contributed by atoms with E-state index in [1.165, 1.54) is 0 Å². The number of aromatic nitrogens is 2. The van der Waals surface area contributed by atoms with E-state index in [9.17, 15) is 4.79 Å². The van der Waals surface area contributed by atoms with Crippen LogP contribution in [-0.2, 0) is 0 Å². The monoisotopic (exact) mass is 391 g/mol. The van der Waals surface area contributed by atoms with Crippen LogP contribution in [0.5, 0.6) is 11.6 Å². The first-order valence-electron chi connectivity index (χ1n) is 10.1. The van der Waals surface area contributed by atoms with Crippen molar-refractivity contribution in [2.75, 3.05) is 19.7 Å². The first-order valence-corrected chi connectivity index (χ1v) is 10.1.